The number of rotatable bonds is 8. The Morgan fingerprint density at radius 1 is 1.12 bits per heavy atom. The van der Waals surface area contributed by atoms with Crippen LogP contribution in [0.3, 0.4) is 0 Å². The highest BCUT2D eigenvalue weighted by atomic mass is 32.2. The van der Waals surface area contributed by atoms with Crippen LogP contribution in [0.15, 0.2) is 58.2 Å². The lowest BCUT2D eigenvalue weighted by Gasteiger charge is -2.03. The third-order valence-electron chi connectivity index (χ3n) is 3.64. The van der Waals surface area contributed by atoms with E-state index in [9.17, 15) is 9.18 Å². The Kier molecular flexibility index (Phi) is 6.01. The molecule has 0 aliphatic rings. The van der Waals surface area contributed by atoms with Crippen molar-refractivity contribution in [2.24, 2.45) is 0 Å². The fourth-order valence-corrected chi connectivity index (χ4v) is 2.84. The van der Waals surface area contributed by atoms with Gasteiger partial charge in [-0.05, 0) is 48.4 Å². The highest BCUT2D eigenvalue weighted by molar-refractivity contribution is 7.99. The van der Waals surface area contributed by atoms with Crippen molar-refractivity contribution in [1.82, 2.24) is 10.2 Å². The standard InChI is InChI=1S/C19H17FN2O3S/c1-2-13-3-9-16(10-4-13)24-11-18-21-22-19(25-18)26-12-17(23)14-5-7-15(20)8-6-14/h3-10H,2,11-12H2,1H3. The van der Waals surface area contributed by atoms with Gasteiger partial charge in [-0.25, -0.2) is 4.39 Å². The smallest absolute Gasteiger partial charge is 0.277 e. The molecule has 0 aliphatic carbocycles. The van der Waals surface area contributed by atoms with Crippen molar-refractivity contribution in [2.75, 3.05) is 5.75 Å². The van der Waals surface area contributed by atoms with Crippen molar-refractivity contribution in [3.05, 3.63) is 71.4 Å². The second kappa shape index (κ2) is 8.62. The van der Waals surface area contributed by atoms with Crippen molar-refractivity contribution < 1.29 is 18.3 Å². The van der Waals surface area contributed by atoms with E-state index in [0.29, 0.717) is 16.7 Å². The van der Waals surface area contributed by atoms with Crippen LogP contribution >= 0.6 is 11.8 Å². The molecule has 26 heavy (non-hydrogen) atoms. The van der Waals surface area contributed by atoms with Crippen LogP contribution in [0.25, 0.3) is 0 Å². The number of benzene rings is 2. The van der Waals surface area contributed by atoms with Gasteiger partial charge in [-0.2, -0.15) is 0 Å². The molecule has 0 aliphatic heterocycles. The summed E-state index contributed by atoms with van der Waals surface area (Å²) in [4.78, 5) is 12.0. The van der Waals surface area contributed by atoms with Crippen LogP contribution in [-0.2, 0) is 13.0 Å². The molecule has 0 fully saturated rings. The summed E-state index contributed by atoms with van der Waals surface area (Å²) in [5.74, 6) is 0.677. The molecule has 0 spiro atoms. The number of hydrogen-bond donors (Lipinski definition) is 0. The Bertz CT molecular complexity index is 863. The number of aromatic nitrogens is 2. The summed E-state index contributed by atoms with van der Waals surface area (Å²) < 4.78 is 23.9. The molecule has 2 aromatic carbocycles. The van der Waals surface area contributed by atoms with Crippen molar-refractivity contribution in [3.8, 4) is 5.75 Å². The Balaban J connectivity index is 1.49. The Labute approximate surface area is 154 Å². The van der Waals surface area contributed by atoms with Crippen LogP contribution in [-0.4, -0.2) is 21.7 Å². The maximum Gasteiger partial charge on any atom is 0.277 e. The summed E-state index contributed by atoms with van der Waals surface area (Å²) in [7, 11) is 0. The predicted octanol–water partition coefficient (Wildman–Crippen LogP) is 4.33. The summed E-state index contributed by atoms with van der Waals surface area (Å²) in [6.45, 7) is 2.25. The van der Waals surface area contributed by atoms with Gasteiger partial charge in [0.05, 0.1) is 5.75 Å². The molecule has 0 amide bonds. The summed E-state index contributed by atoms with van der Waals surface area (Å²) in [5, 5.41) is 8.09. The average molecular weight is 372 g/mol. The second-order valence-electron chi connectivity index (χ2n) is 5.47. The largest absolute Gasteiger partial charge is 0.484 e. The molecule has 5 nitrogen and oxygen atoms in total. The molecule has 1 aromatic heterocycles. The zero-order valence-corrected chi connectivity index (χ0v) is 15.0. The predicted molar refractivity (Wildman–Crippen MR) is 95.9 cm³/mol. The van der Waals surface area contributed by atoms with E-state index in [-0.39, 0.29) is 24.0 Å². The highest BCUT2D eigenvalue weighted by Gasteiger charge is 2.12. The number of ether oxygens (including phenoxy) is 1. The fourth-order valence-electron chi connectivity index (χ4n) is 2.17. The van der Waals surface area contributed by atoms with Gasteiger partial charge in [-0.3, -0.25) is 4.79 Å². The van der Waals surface area contributed by atoms with E-state index in [1.807, 2.05) is 24.3 Å². The van der Waals surface area contributed by atoms with Crippen LogP contribution < -0.4 is 4.74 Å². The minimum atomic E-state index is -0.375. The number of carbonyl (C=O) groups is 1. The van der Waals surface area contributed by atoms with E-state index in [0.717, 1.165) is 23.9 Å². The molecular formula is C19H17FN2O3S. The Hall–Kier alpha value is -2.67. The van der Waals surface area contributed by atoms with Gasteiger partial charge < -0.3 is 9.15 Å². The van der Waals surface area contributed by atoms with Gasteiger partial charge in [0.1, 0.15) is 11.6 Å². The molecule has 3 aromatic rings. The van der Waals surface area contributed by atoms with Gasteiger partial charge in [0.25, 0.3) is 11.1 Å². The van der Waals surface area contributed by atoms with E-state index in [1.165, 1.54) is 29.8 Å². The summed E-state index contributed by atoms with van der Waals surface area (Å²) >= 11 is 1.14. The number of halogens is 1. The summed E-state index contributed by atoms with van der Waals surface area (Å²) in [6, 6.07) is 13.2. The molecule has 0 N–H and O–H groups in total. The summed E-state index contributed by atoms with van der Waals surface area (Å²) in [5.41, 5.74) is 1.68. The molecule has 0 saturated carbocycles. The van der Waals surface area contributed by atoms with E-state index in [1.54, 1.807) is 0 Å². The SMILES string of the molecule is CCc1ccc(OCc2nnc(SCC(=O)c3ccc(F)cc3)o2)cc1. The van der Waals surface area contributed by atoms with Crippen LogP contribution in [0.1, 0.15) is 28.7 Å². The van der Waals surface area contributed by atoms with Gasteiger partial charge in [-0.1, -0.05) is 30.8 Å². The highest BCUT2D eigenvalue weighted by Crippen LogP contribution is 2.19. The van der Waals surface area contributed by atoms with E-state index < -0.39 is 0 Å². The first-order valence-corrected chi connectivity index (χ1v) is 9.08. The van der Waals surface area contributed by atoms with Gasteiger partial charge in [0.2, 0.25) is 0 Å². The number of hydrogen-bond acceptors (Lipinski definition) is 6. The van der Waals surface area contributed by atoms with Crippen LogP contribution in [0.5, 0.6) is 5.75 Å². The van der Waals surface area contributed by atoms with Crippen LogP contribution in [0.4, 0.5) is 4.39 Å². The van der Waals surface area contributed by atoms with Crippen molar-refractivity contribution in [3.63, 3.8) is 0 Å². The van der Waals surface area contributed by atoms with Crippen molar-refractivity contribution >= 4 is 17.5 Å². The first-order chi connectivity index (χ1) is 12.6. The normalized spacial score (nSPS) is 10.7. The maximum absolute atomic E-state index is 12.9. The Morgan fingerprint density at radius 2 is 1.85 bits per heavy atom. The van der Waals surface area contributed by atoms with Crippen LogP contribution in [0.2, 0.25) is 0 Å². The molecule has 3 rings (SSSR count). The van der Waals surface area contributed by atoms with E-state index in [2.05, 4.69) is 17.1 Å². The molecule has 0 saturated heterocycles. The van der Waals surface area contributed by atoms with E-state index >= 15 is 0 Å². The number of aryl methyl sites for hydroxylation is 1. The van der Waals surface area contributed by atoms with Crippen molar-refractivity contribution in [2.45, 2.75) is 25.2 Å². The average Bonchev–Trinajstić information content (AvgIpc) is 3.13. The summed E-state index contributed by atoms with van der Waals surface area (Å²) in [6.07, 6.45) is 0.973. The third kappa shape index (κ3) is 4.92. The zero-order chi connectivity index (χ0) is 18.4. The number of carbonyl (C=O) groups excluding carboxylic acids is 1. The minimum Gasteiger partial charge on any atom is -0.484 e. The fraction of sp³-hybridized carbons (Fsp3) is 0.211. The second-order valence-corrected chi connectivity index (χ2v) is 6.39. The van der Waals surface area contributed by atoms with Gasteiger partial charge >= 0.3 is 0 Å². The Morgan fingerprint density at radius 3 is 2.54 bits per heavy atom. The van der Waals surface area contributed by atoms with E-state index in [4.69, 9.17) is 9.15 Å². The number of Topliss-reactive ketones (excluding diaryl/α,β-unsaturated/α-hetero) is 1. The maximum atomic E-state index is 12.9. The lowest BCUT2D eigenvalue weighted by molar-refractivity contribution is 0.102. The van der Waals surface area contributed by atoms with Gasteiger partial charge in [0, 0.05) is 5.56 Å². The zero-order valence-electron chi connectivity index (χ0n) is 14.1. The monoisotopic (exact) mass is 372 g/mol. The first kappa shape index (κ1) is 18.1. The molecule has 1 heterocycles. The lowest BCUT2D eigenvalue weighted by Crippen LogP contribution is -2.02. The third-order valence-corrected chi connectivity index (χ3v) is 4.45. The quantitative estimate of drug-likeness (QED) is 0.433. The minimum absolute atomic E-state index is 0.132. The topological polar surface area (TPSA) is 65.2 Å². The first-order valence-electron chi connectivity index (χ1n) is 8.09. The number of thioether (sulfide) groups is 1. The van der Waals surface area contributed by atoms with Crippen molar-refractivity contribution in [1.29, 1.82) is 0 Å². The molecular weight excluding hydrogens is 355 g/mol. The number of nitrogens with zero attached hydrogens (tertiary/aromatic N) is 2. The van der Waals surface area contributed by atoms with Crippen LogP contribution in [0, 0.1) is 5.82 Å². The molecule has 0 bridgehead atoms. The van der Waals surface area contributed by atoms with Gasteiger partial charge in [0.15, 0.2) is 12.4 Å². The molecule has 0 radical (unpaired) electrons. The van der Waals surface area contributed by atoms with Gasteiger partial charge in [-0.15, -0.1) is 10.2 Å². The number of ketones is 1. The molecule has 0 unspecified atom stereocenters. The molecule has 7 heteroatoms. The molecule has 0 atom stereocenters. The molecule has 134 valence electrons. The lowest BCUT2D eigenvalue weighted by atomic mass is 10.1.